The van der Waals surface area contributed by atoms with Crippen LogP contribution in [0.2, 0.25) is 0 Å². The van der Waals surface area contributed by atoms with Crippen LogP contribution in [0.4, 0.5) is 0 Å². The lowest BCUT2D eigenvalue weighted by atomic mass is 10.1. The van der Waals surface area contributed by atoms with Crippen molar-refractivity contribution in [2.24, 2.45) is 0 Å². The van der Waals surface area contributed by atoms with E-state index < -0.39 is 0 Å². The quantitative estimate of drug-likeness (QED) is 0.330. The molecule has 0 N–H and O–H groups in total. The molecule has 0 heterocycles. The standard InChI is InChI=1S/C18H35NO/c1-5-7-9-11-13-15-19(18(20)17(3)4)16-14-12-10-8-6-2/h3,5-16H2,1-2,4H3. The van der Waals surface area contributed by atoms with Crippen LogP contribution in [0.15, 0.2) is 12.2 Å². The molecule has 0 atom stereocenters. The van der Waals surface area contributed by atoms with Gasteiger partial charge in [-0.1, -0.05) is 71.8 Å². The van der Waals surface area contributed by atoms with Crippen LogP contribution >= 0.6 is 0 Å². The third kappa shape index (κ3) is 10.1. The number of carbonyl (C=O) groups excluding carboxylic acids is 1. The molecule has 0 bridgehead atoms. The van der Waals surface area contributed by atoms with Crippen LogP contribution in [0.1, 0.15) is 85.0 Å². The topological polar surface area (TPSA) is 20.3 Å². The molecule has 0 fully saturated rings. The predicted octanol–water partition coefficient (Wildman–Crippen LogP) is 5.33. The molecular weight excluding hydrogens is 246 g/mol. The first-order valence-corrected chi connectivity index (χ1v) is 8.58. The molecule has 0 aliphatic carbocycles. The Morgan fingerprint density at radius 3 is 1.55 bits per heavy atom. The zero-order chi connectivity index (χ0) is 15.2. The Balaban J connectivity index is 3.95. The Morgan fingerprint density at radius 2 is 1.20 bits per heavy atom. The SMILES string of the molecule is C=C(C)C(=O)N(CCCCCCC)CCCCCCC. The fourth-order valence-corrected chi connectivity index (χ4v) is 2.40. The van der Waals surface area contributed by atoms with E-state index in [9.17, 15) is 4.79 Å². The van der Waals surface area contributed by atoms with Crippen LogP contribution in [0.25, 0.3) is 0 Å². The summed E-state index contributed by atoms with van der Waals surface area (Å²) in [5, 5.41) is 0. The van der Waals surface area contributed by atoms with Gasteiger partial charge in [0.05, 0.1) is 0 Å². The Labute approximate surface area is 126 Å². The molecule has 0 aromatic heterocycles. The first-order chi connectivity index (χ1) is 9.63. The lowest BCUT2D eigenvalue weighted by Crippen LogP contribution is -2.33. The van der Waals surface area contributed by atoms with Gasteiger partial charge < -0.3 is 4.90 Å². The number of hydrogen-bond acceptors (Lipinski definition) is 1. The zero-order valence-corrected chi connectivity index (χ0v) is 14.0. The lowest BCUT2D eigenvalue weighted by Gasteiger charge is -2.23. The van der Waals surface area contributed by atoms with E-state index in [2.05, 4.69) is 20.4 Å². The van der Waals surface area contributed by atoms with Crippen molar-refractivity contribution in [3.8, 4) is 0 Å². The largest absolute Gasteiger partial charge is 0.339 e. The van der Waals surface area contributed by atoms with Gasteiger partial charge in [-0.2, -0.15) is 0 Å². The Kier molecular flexibility index (Phi) is 12.7. The number of hydrogen-bond donors (Lipinski definition) is 0. The minimum atomic E-state index is 0.149. The first-order valence-electron chi connectivity index (χ1n) is 8.58. The van der Waals surface area contributed by atoms with Gasteiger partial charge in [0.2, 0.25) is 5.91 Å². The van der Waals surface area contributed by atoms with E-state index in [0.717, 1.165) is 25.9 Å². The molecule has 2 heteroatoms. The predicted molar refractivity (Wildman–Crippen MR) is 88.9 cm³/mol. The summed E-state index contributed by atoms with van der Waals surface area (Å²) < 4.78 is 0. The second-order valence-electron chi connectivity index (χ2n) is 5.90. The van der Waals surface area contributed by atoms with Crippen molar-refractivity contribution >= 4 is 5.91 Å². The molecule has 2 nitrogen and oxygen atoms in total. The summed E-state index contributed by atoms with van der Waals surface area (Å²) in [7, 11) is 0. The van der Waals surface area contributed by atoms with Gasteiger partial charge in [-0.15, -0.1) is 0 Å². The molecule has 0 aromatic carbocycles. The van der Waals surface area contributed by atoms with Gasteiger partial charge in [-0.25, -0.2) is 0 Å². The van der Waals surface area contributed by atoms with E-state index in [1.807, 2.05) is 11.8 Å². The number of carbonyl (C=O) groups is 1. The lowest BCUT2D eigenvalue weighted by molar-refractivity contribution is -0.127. The monoisotopic (exact) mass is 281 g/mol. The number of unbranched alkanes of at least 4 members (excludes halogenated alkanes) is 8. The Morgan fingerprint density at radius 1 is 0.800 bits per heavy atom. The molecule has 0 aliphatic heterocycles. The molecule has 0 rings (SSSR count). The summed E-state index contributed by atoms with van der Waals surface area (Å²) >= 11 is 0. The second-order valence-corrected chi connectivity index (χ2v) is 5.90. The normalized spacial score (nSPS) is 10.6. The highest BCUT2D eigenvalue weighted by Crippen LogP contribution is 2.09. The molecule has 118 valence electrons. The molecular formula is C18H35NO. The first kappa shape index (κ1) is 19.2. The molecule has 0 saturated heterocycles. The van der Waals surface area contributed by atoms with Crippen molar-refractivity contribution in [1.29, 1.82) is 0 Å². The highest BCUT2D eigenvalue weighted by Gasteiger charge is 2.12. The highest BCUT2D eigenvalue weighted by molar-refractivity contribution is 5.92. The van der Waals surface area contributed by atoms with Gasteiger partial charge in [0.15, 0.2) is 0 Å². The second kappa shape index (κ2) is 13.2. The minimum Gasteiger partial charge on any atom is -0.339 e. The van der Waals surface area contributed by atoms with Crippen molar-refractivity contribution in [1.82, 2.24) is 4.90 Å². The molecule has 0 spiro atoms. The van der Waals surface area contributed by atoms with Crippen molar-refractivity contribution in [3.63, 3.8) is 0 Å². The van der Waals surface area contributed by atoms with Crippen LogP contribution < -0.4 is 0 Å². The highest BCUT2D eigenvalue weighted by atomic mass is 16.2. The summed E-state index contributed by atoms with van der Waals surface area (Å²) in [6.07, 6.45) is 12.5. The number of nitrogens with zero attached hydrogens (tertiary/aromatic N) is 1. The van der Waals surface area contributed by atoms with Crippen LogP contribution in [0.5, 0.6) is 0 Å². The third-order valence-electron chi connectivity index (χ3n) is 3.72. The summed E-state index contributed by atoms with van der Waals surface area (Å²) in [5.41, 5.74) is 0.673. The molecule has 0 saturated carbocycles. The van der Waals surface area contributed by atoms with E-state index >= 15 is 0 Å². The Hall–Kier alpha value is -0.790. The maximum atomic E-state index is 12.1. The van der Waals surface area contributed by atoms with Gasteiger partial charge in [0.25, 0.3) is 0 Å². The van der Waals surface area contributed by atoms with E-state index in [1.165, 1.54) is 51.4 Å². The van der Waals surface area contributed by atoms with Crippen molar-refractivity contribution in [2.75, 3.05) is 13.1 Å². The van der Waals surface area contributed by atoms with Crippen molar-refractivity contribution in [3.05, 3.63) is 12.2 Å². The van der Waals surface area contributed by atoms with Crippen LogP contribution in [0, 0.1) is 0 Å². The molecule has 1 amide bonds. The van der Waals surface area contributed by atoms with Gasteiger partial charge in [0, 0.05) is 18.7 Å². The molecule has 0 unspecified atom stereocenters. The van der Waals surface area contributed by atoms with E-state index in [1.54, 1.807) is 0 Å². The minimum absolute atomic E-state index is 0.149. The molecule has 0 aliphatic rings. The summed E-state index contributed by atoms with van der Waals surface area (Å²) in [6.45, 7) is 11.9. The van der Waals surface area contributed by atoms with Crippen LogP contribution in [0.3, 0.4) is 0 Å². The average molecular weight is 281 g/mol. The summed E-state index contributed by atoms with van der Waals surface area (Å²) in [5.74, 6) is 0.149. The summed E-state index contributed by atoms with van der Waals surface area (Å²) in [4.78, 5) is 14.1. The van der Waals surface area contributed by atoms with Gasteiger partial charge in [0.1, 0.15) is 0 Å². The summed E-state index contributed by atoms with van der Waals surface area (Å²) in [6, 6.07) is 0. The van der Waals surface area contributed by atoms with E-state index in [0.29, 0.717) is 5.57 Å². The van der Waals surface area contributed by atoms with E-state index in [-0.39, 0.29) is 5.91 Å². The van der Waals surface area contributed by atoms with E-state index in [4.69, 9.17) is 0 Å². The fraction of sp³-hybridized carbons (Fsp3) is 0.833. The number of amides is 1. The third-order valence-corrected chi connectivity index (χ3v) is 3.72. The van der Waals surface area contributed by atoms with Gasteiger partial charge in [-0.3, -0.25) is 4.79 Å². The van der Waals surface area contributed by atoms with Crippen LogP contribution in [-0.2, 0) is 4.79 Å². The van der Waals surface area contributed by atoms with Gasteiger partial charge in [-0.05, 0) is 19.8 Å². The zero-order valence-electron chi connectivity index (χ0n) is 14.0. The Bertz CT molecular complexity index is 246. The fourth-order valence-electron chi connectivity index (χ4n) is 2.40. The molecule has 0 radical (unpaired) electrons. The smallest absolute Gasteiger partial charge is 0.248 e. The van der Waals surface area contributed by atoms with Crippen LogP contribution in [-0.4, -0.2) is 23.9 Å². The van der Waals surface area contributed by atoms with Crippen molar-refractivity contribution < 1.29 is 4.79 Å². The maximum absolute atomic E-state index is 12.1. The molecule has 0 aromatic rings. The molecule has 20 heavy (non-hydrogen) atoms. The van der Waals surface area contributed by atoms with Gasteiger partial charge >= 0.3 is 0 Å². The maximum Gasteiger partial charge on any atom is 0.248 e. The number of rotatable bonds is 13. The van der Waals surface area contributed by atoms with Crippen molar-refractivity contribution in [2.45, 2.75) is 85.0 Å². The average Bonchev–Trinajstić information content (AvgIpc) is 2.43.